The van der Waals surface area contributed by atoms with Crippen molar-refractivity contribution in [3.8, 4) is 5.75 Å². The predicted octanol–water partition coefficient (Wildman–Crippen LogP) is 3.81. The maximum Gasteiger partial charge on any atom is 0.248 e. The maximum atomic E-state index is 11.5. The van der Waals surface area contributed by atoms with Crippen LogP contribution in [-0.4, -0.2) is 17.0 Å². The van der Waals surface area contributed by atoms with Crippen LogP contribution in [0.5, 0.6) is 5.75 Å². The summed E-state index contributed by atoms with van der Waals surface area (Å²) in [7, 11) is 0. The van der Waals surface area contributed by atoms with Gasteiger partial charge in [-0.25, -0.2) is 4.98 Å². The Balaban J connectivity index is 2.25. The molecule has 0 aliphatic heterocycles. The van der Waals surface area contributed by atoms with E-state index in [1.54, 1.807) is 30.4 Å². The lowest BCUT2D eigenvalue weighted by Crippen LogP contribution is -2.12. The molecule has 0 saturated heterocycles. The fourth-order valence-corrected chi connectivity index (χ4v) is 2.80. The average Bonchev–Trinajstić information content (AvgIpc) is 3.04. The van der Waals surface area contributed by atoms with Crippen LogP contribution in [0, 0.1) is 0 Å². The minimum atomic E-state index is -0.504. The Morgan fingerprint density at radius 1 is 1.38 bits per heavy atom. The molecule has 2 rings (SSSR count). The Bertz CT molecular complexity index is 853. The van der Waals surface area contributed by atoms with E-state index in [4.69, 9.17) is 16.2 Å². The zero-order valence-electron chi connectivity index (χ0n) is 14.7. The highest BCUT2D eigenvalue weighted by atomic mass is 32.1. The zero-order chi connectivity index (χ0) is 19.1. The molecule has 0 spiro atoms. The number of hydrogen-bond acceptors (Lipinski definition) is 6. The van der Waals surface area contributed by atoms with E-state index in [1.807, 2.05) is 25.3 Å². The minimum Gasteiger partial charge on any atom is -0.489 e. The van der Waals surface area contributed by atoms with Gasteiger partial charge in [0.15, 0.2) is 5.13 Å². The van der Waals surface area contributed by atoms with Crippen LogP contribution >= 0.6 is 11.3 Å². The number of hydrogen-bond donors (Lipinski definition) is 3. The van der Waals surface area contributed by atoms with Crippen LogP contribution in [0.15, 0.2) is 54.6 Å². The third-order valence-corrected chi connectivity index (χ3v) is 3.98. The number of nitrogens with zero attached hydrogens (tertiary/aromatic N) is 1. The van der Waals surface area contributed by atoms with Crippen LogP contribution in [-0.2, 0) is 0 Å². The van der Waals surface area contributed by atoms with E-state index in [2.05, 4.69) is 16.9 Å². The van der Waals surface area contributed by atoms with Gasteiger partial charge in [0, 0.05) is 10.9 Å². The average molecular weight is 370 g/mol. The van der Waals surface area contributed by atoms with Crippen molar-refractivity contribution < 1.29 is 9.53 Å². The molecule has 0 aliphatic carbocycles. The van der Waals surface area contributed by atoms with Crippen LogP contribution in [0.1, 0.15) is 29.9 Å². The molecule has 0 radical (unpaired) electrons. The third-order valence-electron chi connectivity index (χ3n) is 3.22. The van der Waals surface area contributed by atoms with Gasteiger partial charge in [-0.15, -0.1) is 11.3 Å². The number of amides is 1. The quantitative estimate of drug-likeness (QED) is 0.613. The molecule has 7 heteroatoms. The van der Waals surface area contributed by atoms with Gasteiger partial charge < -0.3 is 21.5 Å². The van der Waals surface area contributed by atoms with Crippen molar-refractivity contribution in [1.82, 2.24) is 4.98 Å². The standard InChI is InChI=1S/C19H22N4O2S/c1-12(2)25-17-8-7-14(18(21)24)10-15(17)22-19-23-16(11-26-19)13(3)6-4-5-9-20/h4-12H,3,20H2,1-2H3,(H2,21,24)(H,22,23)/b6-4-,9-5-. The highest BCUT2D eigenvalue weighted by molar-refractivity contribution is 7.13. The molecule has 136 valence electrons. The molecule has 0 unspecified atom stereocenters. The van der Waals surface area contributed by atoms with Crippen LogP contribution in [0.25, 0.3) is 5.57 Å². The number of carbonyl (C=O) groups is 1. The highest BCUT2D eigenvalue weighted by Gasteiger charge is 2.12. The van der Waals surface area contributed by atoms with E-state index in [9.17, 15) is 4.79 Å². The van der Waals surface area contributed by atoms with E-state index in [0.29, 0.717) is 22.1 Å². The monoisotopic (exact) mass is 370 g/mol. The maximum absolute atomic E-state index is 11.5. The van der Waals surface area contributed by atoms with Gasteiger partial charge in [0.25, 0.3) is 0 Å². The largest absolute Gasteiger partial charge is 0.489 e. The molecule has 1 aromatic heterocycles. The normalized spacial score (nSPS) is 11.3. The number of primary amides is 1. The number of carbonyl (C=O) groups excluding carboxylic acids is 1. The lowest BCUT2D eigenvalue weighted by atomic mass is 10.1. The molecule has 1 heterocycles. The number of anilines is 2. The Labute approximate surface area is 156 Å². The third kappa shape index (κ3) is 5.22. The Morgan fingerprint density at radius 2 is 2.15 bits per heavy atom. The fraction of sp³-hybridized carbons (Fsp3) is 0.158. The van der Waals surface area contributed by atoms with Gasteiger partial charge in [-0.3, -0.25) is 4.79 Å². The number of aromatic nitrogens is 1. The number of thiazole rings is 1. The number of nitrogens with two attached hydrogens (primary N) is 2. The van der Waals surface area contributed by atoms with Crippen LogP contribution < -0.4 is 21.5 Å². The van der Waals surface area contributed by atoms with Gasteiger partial charge >= 0.3 is 0 Å². The van der Waals surface area contributed by atoms with Crippen molar-refractivity contribution >= 4 is 33.6 Å². The molecule has 0 aliphatic rings. The van der Waals surface area contributed by atoms with Crippen LogP contribution in [0.3, 0.4) is 0 Å². The van der Waals surface area contributed by atoms with E-state index in [1.165, 1.54) is 17.5 Å². The number of ether oxygens (including phenoxy) is 1. The topological polar surface area (TPSA) is 103 Å². The number of rotatable bonds is 8. The predicted molar refractivity (Wildman–Crippen MR) is 108 cm³/mol. The second-order valence-electron chi connectivity index (χ2n) is 5.67. The molecular formula is C19H22N4O2S. The van der Waals surface area contributed by atoms with E-state index < -0.39 is 5.91 Å². The molecule has 0 fully saturated rings. The van der Waals surface area contributed by atoms with E-state index in [0.717, 1.165) is 11.3 Å². The first-order valence-corrected chi connectivity index (χ1v) is 8.86. The summed E-state index contributed by atoms with van der Waals surface area (Å²) in [5, 5.41) is 5.73. The first-order chi connectivity index (χ1) is 12.4. The zero-order valence-corrected chi connectivity index (χ0v) is 15.5. The molecular weight excluding hydrogens is 348 g/mol. The Morgan fingerprint density at radius 3 is 2.81 bits per heavy atom. The van der Waals surface area contributed by atoms with Gasteiger partial charge in [0.1, 0.15) is 5.75 Å². The number of nitrogens with one attached hydrogen (secondary N) is 1. The SMILES string of the molecule is C=C(/C=C\C=C/N)c1csc(Nc2cc(C(N)=O)ccc2OC(C)C)n1. The summed E-state index contributed by atoms with van der Waals surface area (Å²) in [6, 6.07) is 5.01. The summed E-state index contributed by atoms with van der Waals surface area (Å²) in [6.07, 6.45) is 6.76. The fourth-order valence-electron chi connectivity index (χ4n) is 2.05. The van der Waals surface area contributed by atoms with Gasteiger partial charge in [-0.05, 0) is 49.9 Å². The lowest BCUT2D eigenvalue weighted by Gasteiger charge is -2.15. The molecule has 26 heavy (non-hydrogen) atoms. The molecule has 5 N–H and O–H groups in total. The van der Waals surface area contributed by atoms with Gasteiger partial charge in [0.2, 0.25) is 5.91 Å². The molecule has 1 aromatic carbocycles. The first-order valence-electron chi connectivity index (χ1n) is 7.98. The summed E-state index contributed by atoms with van der Waals surface area (Å²) in [4.78, 5) is 16.0. The molecule has 6 nitrogen and oxygen atoms in total. The summed E-state index contributed by atoms with van der Waals surface area (Å²) in [5.41, 5.74) is 13.2. The number of allylic oxidation sites excluding steroid dienone is 4. The summed E-state index contributed by atoms with van der Waals surface area (Å²) in [5.74, 6) is 0.115. The lowest BCUT2D eigenvalue weighted by molar-refractivity contribution is 0.100. The van der Waals surface area contributed by atoms with Crippen molar-refractivity contribution in [2.75, 3.05) is 5.32 Å². The van der Waals surface area contributed by atoms with Crippen LogP contribution in [0.2, 0.25) is 0 Å². The molecule has 0 atom stereocenters. The van der Waals surface area contributed by atoms with Crippen molar-refractivity contribution in [2.45, 2.75) is 20.0 Å². The highest BCUT2D eigenvalue weighted by Crippen LogP contribution is 2.32. The number of benzene rings is 1. The Hall–Kier alpha value is -3.06. The van der Waals surface area contributed by atoms with Gasteiger partial charge in [-0.1, -0.05) is 18.7 Å². The summed E-state index contributed by atoms with van der Waals surface area (Å²) < 4.78 is 5.79. The first kappa shape index (κ1) is 19.3. The molecule has 0 bridgehead atoms. The van der Waals surface area contributed by atoms with Crippen LogP contribution in [0.4, 0.5) is 10.8 Å². The van der Waals surface area contributed by atoms with E-state index >= 15 is 0 Å². The van der Waals surface area contributed by atoms with Crippen molar-refractivity contribution in [3.05, 3.63) is 65.8 Å². The second-order valence-corrected chi connectivity index (χ2v) is 6.53. The summed E-state index contributed by atoms with van der Waals surface area (Å²) >= 11 is 1.42. The molecule has 1 amide bonds. The summed E-state index contributed by atoms with van der Waals surface area (Å²) in [6.45, 7) is 7.84. The minimum absolute atomic E-state index is 0.0117. The van der Waals surface area contributed by atoms with Crippen molar-refractivity contribution in [2.24, 2.45) is 11.5 Å². The molecule has 2 aromatic rings. The second kappa shape index (κ2) is 8.87. The smallest absolute Gasteiger partial charge is 0.248 e. The van der Waals surface area contributed by atoms with Gasteiger partial charge in [-0.2, -0.15) is 0 Å². The van der Waals surface area contributed by atoms with Crippen molar-refractivity contribution in [1.29, 1.82) is 0 Å². The van der Waals surface area contributed by atoms with Gasteiger partial charge in [0.05, 0.1) is 17.5 Å². The molecule has 0 saturated carbocycles. The Kier molecular flexibility index (Phi) is 6.57. The van der Waals surface area contributed by atoms with Crippen molar-refractivity contribution in [3.63, 3.8) is 0 Å². The van der Waals surface area contributed by atoms with E-state index in [-0.39, 0.29) is 6.10 Å².